The minimum absolute atomic E-state index is 0.955. The fraction of sp³-hybridized carbons (Fsp3) is 0.111. The molecule has 0 saturated heterocycles. The second-order valence-corrected chi connectivity index (χ2v) is 3.31. The van der Waals surface area contributed by atoms with Crippen LogP contribution in [0.5, 0.6) is 0 Å². The van der Waals surface area contributed by atoms with Crippen molar-refractivity contribution in [3.8, 4) is 11.4 Å². The van der Waals surface area contributed by atoms with Crippen LogP contribution in [0.3, 0.4) is 0 Å². The Balaban J connectivity index is 2.48. The van der Waals surface area contributed by atoms with Crippen molar-refractivity contribution in [2.75, 3.05) is 0 Å². The van der Waals surface area contributed by atoms with Crippen LogP contribution >= 0.6 is 11.3 Å². The Morgan fingerprint density at radius 3 is 2.83 bits per heavy atom. The highest BCUT2D eigenvalue weighted by atomic mass is 32.1. The smallest absolute Gasteiger partial charge is 0.0995 e. The lowest BCUT2D eigenvalue weighted by molar-refractivity contribution is 1.25. The quantitative estimate of drug-likeness (QED) is 0.667. The van der Waals surface area contributed by atoms with Crippen molar-refractivity contribution in [2.24, 2.45) is 0 Å². The van der Waals surface area contributed by atoms with E-state index >= 15 is 0 Å². The van der Waals surface area contributed by atoms with Crippen molar-refractivity contribution in [2.45, 2.75) is 6.92 Å². The van der Waals surface area contributed by atoms with Gasteiger partial charge in [0.15, 0.2) is 0 Å². The molecule has 3 heteroatoms. The van der Waals surface area contributed by atoms with Gasteiger partial charge in [-0.15, -0.1) is 11.3 Å². The van der Waals surface area contributed by atoms with Crippen molar-refractivity contribution >= 4 is 11.3 Å². The van der Waals surface area contributed by atoms with Gasteiger partial charge in [0.05, 0.1) is 16.9 Å². The topological polar surface area (TPSA) is 25.8 Å². The van der Waals surface area contributed by atoms with Gasteiger partial charge in [0.25, 0.3) is 0 Å². The summed E-state index contributed by atoms with van der Waals surface area (Å²) in [6, 6.07) is 4.02. The Kier molecular flexibility index (Phi) is 1.87. The maximum absolute atomic E-state index is 4.23. The van der Waals surface area contributed by atoms with Crippen LogP contribution in [0.25, 0.3) is 11.4 Å². The minimum atomic E-state index is 0.955. The van der Waals surface area contributed by atoms with Gasteiger partial charge in [-0.05, 0) is 24.6 Å². The average molecular weight is 176 g/mol. The fourth-order valence-electron chi connectivity index (χ4n) is 1.02. The number of thiazole rings is 1. The predicted molar refractivity (Wildman–Crippen MR) is 50.1 cm³/mol. The highest BCUT2D eigenvalue weighted by molar-refractivity contribution is 7.07. The number of rotatable bonds is 1. The molecule has 2 aromatic heterocycles. The van der Waals surface area contributed by atoms with Crippen molar-refractivity contribution < 1.29 is 0 Å². The molecule has 0 aliphatic rings. The lowest BCUT2D eigenvalue weighted by atomic mass is 10.2. The van der Waals surface area contributed by atoms with Crippen LogP contribution in [0.4, 0.5) is 0 Å². The number of hydrogen-bond acceptors (Lipinski definition) is 3. The molecule has 0 spiro atoms. The molecule has 2 nitrogen and oxygen atoms in total. The number of nitrogens with zero attached hydrogens (tertiary/aromatic N) is 2. The van der Waals surface area contributed by atoms with E-state index in [0.717, 1.165) is 11.4 Å². The van der Waals surface area contributed by atoms with E-state index in [2.05, 4.69) is 16.9 Å². The third kappa shape index (κ3) is 1.36. The molecular weight excluding hydrogens is 168 g/mol. The van der Waals surface area contributed by atoms with Crippen LogP contribution in [0.15, 0.2) is 29.2 Å². The number of aromatic nitrogens is 2. The summed E-state index contributed by atoms with van der Waals surface area (Å²) >= 11 is 1.59. The van der Waals surface area contributed by atoms with Crippen molar-refractivity contribution in [3.63, 3.8) is 0 Å². The summed E-state index contributed by atoms with van der Waals surface area (Å²) in [7, 11) is 0. The molecule has 2 heterocycles. The van der Waals surface area contributed by atoms with Crippen LogP contribution in [0, 0.1) is 6.92 Å². The molecule has 0 atom stereocenters. The van der Waals surface area contributed by atoms with Gasteiger partial charge in [-0.25, -0.2) is 4.98 Å². The first-order valence-electron chi connectivity index (χ1n) is 3.67. The normalized spacial score (nSPS) is 10.1. The third-order valence-electron chi connectivity index (χ3n) is 1.61. The molecule has 2 aromatic rings. The summed E-state index contributed by atoms with van der Waals surface area (Å²) < 4.78 is 0. The summed E-state index contributed by atoms with van der Waals surface area (Å²) in [4.78, 5) is 8.41. The zero-order valence-electron chi connectivity index (χ0n) is 6.69. The molecule has 0 fully saturated rings. The summed E-state index contributed by atoms with van der Waals surface area (Å²) in [5, 5.41) is 2.00. The van der Waals surface area contributed by atoms with E-state index in [4.69, 9.17) is 0 Å². The molecule has 60 valence electrons. The van der Waals surface area contributed by atoms with Crippen LogP contribution in [0.1, 0.15) is 5.56 Å². The molecule has 0 aliphatic carbocycles. The van der Waals surface area contributed by atoms with Crippen LogP contribution in [-0.2, 0) is 0 Å². The number of aryl methyl sites for hydroxylation is 1. The Hall–Kier alpha value is -1.22. The van der Waals surface area contributed by atoms with E-state index in [1.54, 1.807) is 11.3 Å². The highest BCUT2D eigenvalue weighted by Gasteiger charge is 1.99. The second-order valence-electron chi connectivity index (χ2n) is 2.59. The zero-order chi connectivity index (χ0) is 8.39. The van der Waals surface area contributed by atoms with Crippen molar-refractivity contribution in [1.82, 2.24) is 9.97 Å². The van der Waals surface area contributed by atoms with E-state index in [1.165, 1.54) is 5.56 Å². The van der Waals surface area contributed by atoms with E-state index < -0.39 is 0 Å². The summed E-state index contributed by atoms with van der Waals surface area (Å²) in [5.74, 6) is 0. The largest absolute Gasteiger partial charge is 0.255 e. The molecule has 0 aliphatic heterocycles. The number of hydrogen-bond donors (Lipinski definition) is 0. The molecule has 2 rings (SSSR count). The lowest BCUT2D eigenvalue weighted by Crippen LogP contribution is -1.83. The van der Waals surface area contributed by atoms with Gasteiger partial charge < -0.3 is 0 Å². The van der Waals surface area contributed by atoms with Crippen molar-refractivity contribution in [3.05, 3.63) is 34.8 Å². The summed E-state index contributed by atoms with van der Waals surface area (Å²) in [6.45, 7) is 2.05. The molecule has 0 saturated carbocycles. The number of pyridine rings is 1. The maximum atomic E-state index is 4.23. The first-order valence-corrected chi connectivity index (χ1v) is 4.62. The Morgan fingerprint density at radius 1 is 1.25 bits per heavy atom. The summed E-state index contributed by atoms with van der Waals surface area (Å²) in [5.41, 5.74) is 4.95. The van der Waals surface area contributed by atoms with Gasteiger partial charge >= 0.3 is 0 Å². The molecule has 0 N–H and O–H groups in total. The van der Waals surface area contributed by atoms with E-state index in [1.807, 2.05) is 29.2 Å². The Morgan fingerprint density at radius 2 is 2.17 bits per heavy atom. The van der Waals surface area contributed by atoms with Gasteiger partial charge in [-0.3, -0.25) is 4.98 Å². The fourth-order valence-corrected chi connectivity index (χ4v) is 1.56. The van der Waals surface area contributed by atoms with Gasteiger partial charge in [-0.2, -0.15) is 0 Å². The highest BCUT2D eigenvalue weighted by Crippen LogP contribution is 2.16. The molecule has 0 aromatic carbocycles. The zero-order valence-corrected chi connectivity index (χ0v) is 7.51. The third-order valence-corrected chi connectivity index (χ3v) is 2.20. The SMILES string of the molecule is Cc1ccnc(-c2cscn2)c1. The predicted octanol–water partition coefficient (Wildman–Crippen LogP) is 2.51. The first-order chi connectivity index (χ1) is 5.86. The summed E-state index contributed by atoms with van der Waals surface area (Å²) in [6.07, 6.45) is 1.81. The molecular formula is C9H8N2S. The van der Waals surface area contributed by atoms with Crippen molar-refractivity contribution in [1.29, 1.82) is 0 Å². The van der Waals surface area contributed by atoms with E-state index in [-0.39, 0.29) is 0 Å². The van der Waals surface area contributed by atoms with E-state index in [0.29, 0.717) is 0 Å². The molecule has 0 unspecified atom stereocenters. The standard InChI is InChI=1S/C9H8N2S/c1-7-2-3-10-8(4-7)9-5-12-6-11-9/h2-6H,1H3. The average Bonchev–Trinajstić information content (AvgIpc) is 2.56. The Labute approximate surface area is 74.9 Å². The first kappa shape index (κ1) is 7.43. The molecule has 0 bridgehead atoms. The van der Waals surface area contributed by atoms with Gasteiger partial charge in [0.2, 0.25) is 0 Å². The van der Waals surface area contributed by atoms with Crippen LogP contribution in [-0.4, -0.2) is 9.97 Å². The molecule has 0 radical (unpaired) electrons. The monoisotopic (exact) mass is 176 g/mol. The Bertz CT molecular complexity index is 368. The minimum Gasteiger partial charge on any atom is -0.255 e. The van der Waals surface area contributed by atoms with Gasteiger partial charge in [0.1, 0.15) is 0 Å². The van der Waals surface area contributed by atoms with E-state index in [9.17, 15) is 0 Å². The van der Waals surface area contributed by atoms with Gasteiger partial charge in [-0.1, -0.05) is 0 Å². The van der Waals surface area contributed by atoms with Crippen LogP contribution < -0.4 is 0 Å². The van der Waals surface area contributed by atoms with Crippen LogP contribution in [0.2, 0.25) is 0 Å². The second kappa shape index (κ2) is 3.03. The maximum Gasteiger partial charge on any atom is 0.0995 e. The molecule has 0 amide bonds. The lowest BCUT2D eigenvalue weighted by Gasteiger charge is -1.95. The molecule has 12 heavy (non-hydrogen) atoms. The van der Waals surface area contributed by atoms with Gasteiger partial charge in [0, 0.05) is 11.6 Å².